The number of alkyl halides is 2. The lowest BCUT2D eigenvalue weighted by atomic mass is 10.2. The molecular formula is C8H10F2O7S. The summed E-state index contributed by atoms with van der Waals surface area (Å²) in [6.45, 7) is 0.166. The van der Waals surface area contributed by atoms with Gasteiger partial charge in [-0.25, -0.2) is 14.8 Å². The van der Waals surface area contributed by atoms with Gasteiger partial charge in [-0.15, -0.1) is 4.33 Å². The Balaban J connectivity index is 2.53. The Labute approximate surface area is 104 Å². The molecule has 1 unspecified atom stereocenters. The van der Waals surface area contributed by atoms with Gasteiger partial charge in [0.15, 0.2) is 6.10 Å². The summed E-state index contributed by atoms with van der Waals surface area (Å²) >= 11 is -0.750. The fraction of sp³-hybridized carbons (Fsp3) is 0.750. The smallest absolute Gasteiger partial charge is 0.415 e. The van der Waals surface area contributed by atoms with Crippen molar-refractivity contribution in [2.75, 3.05) is 6.61 Å². The lowest BCUT2D eigenvalue weighted by Crippen LogP contribution is -2.35. The first-order chi connectivity index (χ1) is 8.47. The molecule has 10 heteroatoms. The topological polar surface area (TPSA) is 91.3 Å². The van der Waals surface area contributed by atoms with E-state index in [1.807, 2.05) is 0 Å². The Hall–Kier alpha value is -0.970. The number of carbonyl (C=O) groups is 2. The highest BCUT2D eigenvalue weighted by molar-refractivity contribution is 7.96. The molecule has 0 amide bonds. The molecular weight excluding hydrogens is 278 g/mol. The Kier molecular flexibility index (Phi) is 5.72. The second-order valence-electron chi connectivity index (χ2n) is 3.30. The molecule has 18 heavy (non-hydrogen) atoms. The average molecular weight is 288 g/mol. The second kappa shape index (κ2) is 6.83. The van der Waals surface area contributed by atoms with Crippen molar-refractivity contribution in [1.29, 1.82) is 0 Å². The normalized spacial score (nSPS) is 21.1. The molecule has 7 nitrogen and oxygen atoms in total. The number of cyclic esters (lactones) is 1. The fourth-order valence-electron chi connectivity index (χ4n) is 1.21. The summed E-state index contributed by atoms with van der Waals surface area (Å²) < 4.78 is 38.5. The van der Waals surface area contributed by atoms with Gasteiger partial charge in [0, 0.05) is 0 Å². The first kappa shape index (κ1) is 15.1. The van der Waals surface area contributed by atoms with Crippen molar-refractivity contribution in [3.63, 3.8) is 0 Å². The van der Waals surface area contributed by atoms with Gasteiger partial charge in [-0.2, -0.15) is 8.78 Å². The number of ether oxygens (including phenoxy) is 2. The van der Waals surface area contributed by atoms with E-state index in [1.165, 1.54) is 0 Å². The van der Waals surface area contributed by atoms with Crippen molar-refractivity contribution in [1.82, 2.24) is 0 Å². The van der Waals surface area contributed by atoms with Gasteiger partial charge >= 0.3 is 17.2 Å². The third-order valence-corrected chi connectivity index (χ3v) is 2.53. The lowest BCUT2D eigenvalue weighted by Gasteiger charge is -2.17. The van der Waals surface area contributed by atoms with E-state index in [0.717, 1.165) is 0 Å². The summed E-state index contributed by atoms with van der Waals surface area (Å²) in [5, 5.41) is 6.54. The van der Waals surface area contributed by atoms with Crippen molar-refractivity contribution in [2.24, 2.45) is 0 Å². The van der Waals surface area contributed by atoms with Crippen molar-refractivity contribution in [2.45, 2.75) is 30.6 Å². The molecule has 0 saturated carbocycles. The molecule has 1 fully saturated rings. The Morgan fingerprint density at radius 2 is 2.22 bits per heavy atom. The van der Waals surface area contributed by atoms with Crippen LogP contribution in [0.1, 0.15) is 19.3 Å². The molecule has 1 heterocycles. The average Bonchev–Trinajstić information content (AvgIpc) is 2.52. The Morgan fingerprint density at radius 1 is 1.50 bits per heavy atom. The predicted molar refractivity (Wildman–Crippen MR) is 52.0 cm³/mol. The van der Waals surface area contributed by atoms with Crippen molar-refractivity contribution < 1.29 is 42.5 Å². The first-order valence-corrected chi connectivity index (χ1v) is 5.63. The van der Waals surface area contributed by atoms with E-state index in [1.54, 1.807) is 0 Å². The van der Waals surface area contributed by atoms with Crippen LogP contribution in [0.5, 0.6) is 0 Å². The van der Waals surface area contributed by atoms with Gasteiger partial charge in [0.25, 0.3) is 0 Å². The minimum atomic E-state index is -4.12. The summed E-state index contributed by atoms with van der Waals surface area (Å²) in [6, 6.07) is 0. The van der Waals surface area contributed by atoms with Gasteiger partial charge < -0.3 is 9.47 Å². The highest BCUT2D eigenvalue weighted by Gasteiger charge is 2.46. The maximum atomic E-state index is 13.0. The Bertz CT molecular complexity index is 312. The highest BCUT2D eigenvalue weighted by atomic mass is 32.2. The molecule has 1 aliphatic heterocycles. The van der Waals surface area contributed by atoms with E-state index < -0.39 is 35.3 Å². The standard InChI is InChI=1S/C8H10F2O7S/c9-8(10,18-17-16-13)7(12)15-5-3-1-2-4-14-6(5)11/h5,13H,1-4H2. The SMILES string of the molecule is O=C1OCCCCC1OC(=O)C(F)(F)SOOO. The van der Waals surface area contributed by atoms with Crippen LogP contribution in [0, 0.1) is 0 Å². The van der Waals surface area contributed by atoms with Crippen molar-refractivity contribution in [3.8, 4) is 0 Å². The molecule has 1 atom stereocenters. The maximum Gasteiger partial charge on any atom is 0.415 e. The van der Waals surface area contributed by atoms with Crippen LogP contribution in [0.25, 0.3) is 0 Å². The van der Waals surface area contributed by atoms with Gasteiger partial charge in [0.1, 0.15) is 12.0 Å². The molecule has 0 spiro atoms. The minimum absolute atomic E-state index is 0.114. The molecule has 0 radical (unpaired) electrons. The van der Waals surface area contributed by atoms with Crippen LogP contribution >= 0.6 is 12.0 Å². The molecule has 1 rings (SSSR count). The third-order valence-electron chi connectivity index (χ3n) is 2.02. The van der Waals surface area contributed by atoms with Gasteiger partial charge in [-0.05, 0) is 19.3 Å². The molecule has 1 N–H and O–H groups in total. The number of carbonyl (C=O) groups excluding carboxylic acids is 2. The van der Waals surface area contributed by atoms with E-state index in [9.17, 15) is 18.4 Å². The summed E-state index contributed by atoms with van der Waals surface area (Å²) in [4.78, 5) is 22.3. The fourth-order valence-corrected chi connectivity index (χ4v) is 1.44. The summed E-state index contributed by atoms with van der Waals surface area (Å²) in [5.41, 5.74) is 0. The van der Waals surface area contributed by atoms with E-state index in [4.69, 9.17) is 5.26 Å². The van der Waals surface area contributed by atoms with Gasteiger partial charge in [-0.3, -0.25) is 0 Å². The first-order valence-electron chi connectivity index (χ1n) is 4.89. The predicted octanol–water partition coefficient (Wildman–Crippen LogP) is 1.29. The van der Waals surface area contributed by atoms with Crippen LogP contribution < -0.4 is 0 Å². The molecule has 0 aromatic carbocycles. The van der Waals surface area contributed by atoms with E-state index in [0.29, 0.717) is 12.8 Å². The van der Waals surface area contributed by atoms with Crippen LogP contribution in [0.3, 0.4) is 0 Å². The van der Waals surface area contributed by atoms with Crippen molar-refractivity contribution in [3.05, 3.63) is 0 Å². The van der Waals surface area contributed by atoms with Gasteiger partial charge in [0.2, 0.25) is 0 Å². The molecule has 1 saturated heterocycles. The number of hydrogen-bond donors (Lipinski definition) is 1. The number of hydrogen-bond acceptors (Lipinski definition) is 8. The molecule has 104 valence electrons. The van der Waals surface area contributed by atoms with Crippen LogP contribution in [0.4, 0.5) is 8.78 Å². The maximum absolute atomic E-state index is 13.0. The lowest BCUT2D eigenvalue weighted by molar-refractivity contribution is -0.433. The van der Waals surface area contributed by atoms with Crippen molar-refractivity contribution >= 4 is 24.0 Å². The number of rotatable bonds is 5. The summed E-state index contributed by atoms with van der Waals surface area (Å²) in [6.07, 6.45) is -0.158. The van der Waals surface area contributed by atoms with Crippen LogP contribution in [0.2, 0.25) is 0 Å². The monoisotopic (exact) mass is 288 g/mol. The van der Waals surface area contributed by atoms with Crippen LogP contribution in [-0.4, -0.2) is 35.2 Å². The molecule has 1 aliphatic rings. The number of esters is 2. The van der Waals surface area contributed by atoms with Crippen LogP contribution in [0.15, 0.2) is 0 Å². The third kappa shape index (κ3) is 4.37. The highest BCUT2D eigenvalue weighted by Crippen LogP contribution is 2.32. The minimum Gasteiger partial charge on any atom is -0.463 e. The van der Waals surface area contributed by atoms with Gasteiger partial charge in [0.05, 0.1) is 6.61 Å². The van der Waals surface area contributed by atoms with Gasteiger partial charge in [-0.1, -0.05) is 5.04 Å². The molecule has 0 aliphatic carbocycles. The largest absolute Gasteiger partial charge is 0.463 e. The second-order valence-corrected chi connectivity index (χ2v) is 4.12. The van der Waals surface area contributed by atoms with Crippen LogP contribution in [-0.2, 0) is 28.4 Å². The molecule has 0 bridgehead atoms. The summed E-state index contributed by atoms with van der Waals surface area (Å²) in [7, 11) is 0. The van der Waals surface area contributed by atoms with E-state index in [2.05, 4.69) is 18.8 Å². The molecule has 0 aromatic heterocycles. The zero-order valence-corrected chi connectivity index (χ0v) is 9.78. The zero-order valence-electron chi connectivity index (χ0n) is 8.97. The van der Waals surface area contributed by atoms with E-state index >= 15 is 0 Å². The summed E-state index contributed by atoms with van der Waals surface area (Å²) in [5.74, 6) is -2.84. The Morgan fingerprint density at radius 3 is 2.89 bits per heavy atom. The van der Waals surface area contributed by atoms with E-state index in [-0.39, 0.29) is 13.0 Å². The number of halogens is 2. The molecule has 0 aromatic rings. The quantitative estimate of drug-likeness (QED) is 0.350. The zero-order chi connectivity index (χ0) is 13.6.